The molecule has 1 rings (SSSR count). The van der Waals surface area contributed by atoms with E-state index in [1.54, 1.807) is 6.20 Å². The lowest BCUT2D eigenvalue weighted by Gasteiger charge is -2.04. The molecule has 0 aliphatic heterocycles. The maximum Gasteiger partial charge on any atom is 0.261 e. The number of imidazole rings is 1. The van der Waals surface area contributed by atoms with Crippen molar-refractivity contribution in [1.29, 1.82) is 0 Å². The number of halogens is 2. The molecule has 0 aliphatic rings. The summed E-state index contributed by atoms with van der Waals surface area (Å²) in [5.74, 6) is -0.246. The Morgan fingerprint density at radius 1 is 1.62 bits per heavy atom. The second-order valence-electron chi connectivity index (χ2n) is 3.07. The Hall–Kier alpha value is -1.50. The van der Waals surface area contributed by atoms with Gasteiger partial charge in [-0.15, -0.1) is 0 Å². The molecule has 5 nitrogen and oxygen atoms in total. The molecule has 0 radical (unpaired) electrons. The molecule has 2 N–H and O–H groups in total. The monoisotopic (exact) mass is 233 g/mol. The van der Waals surface area contributed by atoms with Gasteiger partial charge in [0.25, 0.3) is 6.43 Å². The molecule has 7 heteroatoms. The van der Waals surface area contributed by atoms with E-state index in [1.807, 2.05) is 0 Å². The van der Waals surface area contributed by atoms with Gasteiger partial charge in [-0.05, 0) is 0 Å². The first-order chi connectivity index (χ1) is 7.68. The van der Waals surface area contributed by atoms with Crippen LogP contribution in [0.25, 0.3) is 0 Å². The number of H-pyrrole nitrogens is 1. The number of alkyl halides is 2. The van der Waals surface area contributed by atoms with Crippen LogP contribution in [0.15, 0.2) is 12.5 Å². The standard InChI is InChI=1S/C9H13F2N3O2/c10-8(11)5-16-2-1-9(15)13-4-7-3-12-6-14-7/h3,6,8H,1-2,4-5H2,(H,12,14)(H,13,15). The number of nitrogens with one attached hydrogen (secondary N) is 2. The second-order valence-corrected chi connectivity index (χ2v) is 3.07. The number of amides is 1. The Bertz CT molecular complexity index is 304. The van der Waals surface area contributed by atoms with Crippen LogP contribution in [0.2, 0.25) is 0 Å². The van der Waals surface area contributed by atoms with Crippen LogP contribution in [0.5, 0.6) is 0 Å². The molecule has 90 valence electrons. The Balaban J connectivity index is 2.03. The zero-order valence-corrected chi connectivity index (χ0v) is 8.58. The highest BCUT2D eigenvalue weighted by atomic mass is 19.3. The summed E-state index contributed by atoms with van der Waals surface area (Å²) in [6, 6.07) is 0. The van der Waals surface area contributed by atoms with Crippen LogP contribution >= 0.6 is 0 Å². The van der Waals surface area contributed by atoms with Crippen LogP contribution in [-0.2, 0) is 16.1 Å². The molecule has 0 saturated carbocycles. The molecule has 0 saturated heterocycles. The van der Waals surface area contributed by atoms with Gasteiger partial charge in [0.1, 0.15) is 6.61 Å². The predicted octanol–water partition coefficient (Wildman–Crippen LogP) is 0.698. The summed E-state index contributed by atoms with van der Waals surface area (Å²) in [5.41, 5.74) is 0.779. The number of rotatable bonds is 7. The van der Waals surface area contributed by atoms with E-state index in [0.717, 1.165) is 5.69 Å². The molecule has 1 heterocycles. The molecule has 0 atom stereocenters. The average molecular weight is 233 g/mol. The molecule has 0 fully saturated rings. The molecule has 0 unspecified atom stereocenters. The van der Waals surface area contributed by atoms with E-state index in [1.165, 1.54) is 6.33 Å². The smallest absolute Gasteiger partial charge is 0.261 e. The van der Waals surface area contributed by atoms with Crippen molar-refractivity contribution in [3.05, 3.63) is 18.2 Å². The molecule has 0 aliphatic carbocycles. The molecule has 1 amide bonds. The lowest BCUT2D eigenvalue weighted by Crippen LogP contribution is -2.24. The van der Waals surface area contributed by atoms with Crippen LogP contribution < -0.4 is 5.32 Å². The molecule has 0 bridgehead atoms. The first kappa shape index (κ1) is 12.6. The fourth-order valence-corrected chi connectivity index (χ4v) is 1.00. The fourth-order valence-electron chi connectivity index (χ4n) is 1.00. The van der Waals surface area contributed by atoms with Crippen molar-refractivity contribution in [3.8, 4) is 0 Å². The third-order valence-electron chi connectivity index (χ3n) is 1.75. The number of hydrogen-bond donors (Lipinski definition) is 2. The highest BCUT2D eigenvalue weighted by molar-refractivity contribution is 5.75. The largest absolute Gasteiger partial charge is 0.375 e. The van der Waals surface area contributed by atoms with Crippen molar-refractivity contribution in [3.63, 3.8) is 0 Å². The van der Waals surface area contributed by atoms with Gasteiger partial charge >= 0.3 is 0 Å². The van der Waals surface area contributed by atoms with Crippen LogP contribution in [0.4, 0.5) is 8.78 Å². The molecule has 0 spiro atoms. The van der Waals surface area contributed by atoms with Crippen LogP contribution in [-0.4, -0.2) is 35.5 Å². The Morgan fingerprint density at radius 2 is 2.44 bits per heavy atom. The van der Waals surface area contributed by atoms with Crippen molar-refractivity contribution in [2.75, 3.05) is 13.2 Å². The second kappa shape index (κ2) is 6.89. The highest BCUT2D eigenvalue weighted by Crippen LogP contribution is 1.94. The van der Waals surface area contributed by atoms with Gasteiger partial charge in [-0.3, -0.25) is 4.79 Å². The molecule has 0 aromatic carbocycles. The number of aromatic nitrogens is 2. The zero-order valence-electron chi connectivity index (χ0n) is 8.58. The van der Waals surface area contributed by atoms with Gasteiger partial charge in [0.15, 0.2) is 0 Å². The fraction of sp³-hybridized carbons (Fsp3) is 0.556. The third kappa shape index (κ3) is 5.40. The maximum atomic E-state index is 11.7. The predicted molar refractivity (Wildman–Crippen MR) is 51.9 cm³/mol. The Kier molecular flexibility index (Phi) is 5.41. The molecular weight excluding hydrogens is 220 g/mol. The Labute approximate surface area is 91.2 Å². The van der Waals surface area contributed by atoms with Crippen LogP contribution in [0.3, 0.4) is 0 Å². The summed E-state index contributed by atoms with van der Waals surface area (Å²) < 4.78 is 27.9. The third-order valence-corrected chi connectivity index (χ3v) is 1.75. The van der Waals surface area contributed by atoms with E-state index < -0.39 is 13.0 Å². The van der Waals surface area contributed by atoms with E-state index in [2.05, 4.69) is 20.0 Å². The van der Waals surface area contributed by atoms with Crippen molar-refractivity contribution in [1.82, 2.24) is 15.3 Å². The van der Waals surface area contributed by atoms with Gasteiger partial charge in [-0.2, -0.15) is 0 Å². The minimum atomic E-state index is -2.49. The summed E-state index contributed by atoms with van der Waals surface area (Å²) in [4.78, 5) is 17.8. The van der Waals surface area contributed by atoms with E-state index in [4.69, 9.17) is 0 Å². The molecule has 1 aromatic rings. The number of aromatic amines is 1. The van der Waals surface area contributed by atoms with Crippen LogP contribution in [0.1, 0.15) is 12.1 Å². The summed E-state index contributed by atoms with van der Waals surface area (Å²) in [7, 11) is 0. The maximum absolute atomic E-state index is 11.7. The SMILES string of the molecule is O=C(CCOCC(F)F)NCc1cnc[nH]1. The van der Waals surface area contributed by atoms with Gasteiger partial charge in [0.05, 0.1) is 25.2 Å². The van der Waals surface area contributed by atoms with Crippen molar-refractivity contribution >= 4 is 5.91 Å². The first-order valence-electron chi connectivity index (χ1n) is 4.78. The zero-order chi connectivity index (χ0) is 11.8. The van der Waals surface area contributed by atoms with E-state index in [9.17, 15) is 13.6 Å². The summed E-state index contributed by atoms with van der Waals surface area (Å²) >= 11 is 0. The molecular formula is C9H13F2N3O2. The topological polar surface area (TPSA) is 67.0 Å². The number of nitrogens with zero attached hydrogens (tertiary/aromatic N) is 1. The minimum Gasteiger partial charge on any atom is -0.375 e. The molecule has 16 heavy (non-hydrogen) atoms. The summed E-state index contributed by atoms with van der Waals surface area (Å²) in [5, 5.41) is 2.60. The van der Waals surface area contributed by atoms with Gasteiger partial charge in [0, 0.05) is 12.6 Å². The highest BCUT2D eigenvalue weighted by Gasteiger charge is 2.04. The van der Waals surface area contributed by atoms with Crippen molar-refractivity contribution < 1.29 is 18.3 Å². The summed E-state index contributed by atoms with van der Waals surface area (Å²) in [6.45, 7) is -0.291. The van der Waals surface area contributed by atoms with E-state index in [-0.39, 0.29) is 18.9 Å². The van der Waals surface area contributed by atoms with Crippen molar-refractivity contribution in [2.24, 2.45) is 0 Å². The van der Waals surface area contributed by atoms with Crippen LogP contribution in [0, 0.1) is 0 Å². The normalized spacial score (nSPS) is 10.7. The van der Waals surface area contributed by atoms with Gasteiger partial charge < -0.3 is 15.0 Å². The van der Waals surface area contributed by atoms with Gasteiger partial charge in [-0.25, -0.2) is 13.8 Å². The molecule has 1 aromatic heterocycles. The quantitative estimate of drug-likeness (QED) is 0.681. The first-order valence-corrected chi connectivity index (χ1v) is 4.78. The summed E-state index contributed by atoms with van der Waals surface area (Å²) in [6.07, 6.45) is 0.676. The number of ether oxygens (including phenoxy) is 1. The number of carbonyl (C=O) groups is 1. The lowest BCUT2D eigenvalue weighted by molar-refractivity contribution is -0.122. The van der Waals surface area contributed by atoms with Gasteiger partial charge in [-0.1, -0.05) is 0 Å². The number of carbonyl (C=O) groups excluding carboxylic acids is 1. The lowest BCUT2D eigenvalue weighted by atomic mass is 10.4. The van der Waals surface area contributed by atoms with E-state index in [0.29, 0.717) is 6.54 Å². The average Bonchev–Trinajstić information content (AvgIpc) is 2.74. The number of hydrogen-bond acceptors (Lipinski definition) is 3. The minimum absolute atomic E-state index is 0.000844. The van der Waals surface area contributed by atoms with Crippen molar-refractivity contribution in [2.45, 2.75) is 19.4 Å². The Morgan fingerprint density at radius 3 is 3.06 bits per heavy atom. The van der Waals surface area contributed by atoms with E-state index >= 15 is 0 Å². The van der Waals surface area contributed by atoms with Gasteiger partial charge in [0.2, 0.25) is 5.91 Å².